The summed E-state index contributed by atoms with van der Waals surface area (Å²) in [5.41, 5.74) is 0.880. The molecule has 1 saturated heterocycles. The molecule has 9 nitrogen and oxygen atoms in total. The smallest absolute Gasteiger partial charge is 0.341 e. The minimum Gasteiger partial charge on any atom is -0.462 e. The van der Waals surface area contributed by atoms with Crippen LogP contribution in [0, 0.1) is 5.82 Å². The van der Waals surface area contributed by atoms with Crippen molar-refractivity contribution >= 4 is 45.9 Å². The van der Waals surface area contributed by atoms with E-state index in [1.165, 1.54) is 35.2 Å². The van der Waals surface area contributed by atoms with Gasteiger partial charge in [0.05, 0.1) is 36.8 Å². The van der Waals surface area contributed by atoms with E-state index in [1.807, 2.05) is 4.90 Å². The van der Waals surface area contributed by atoms with Gasteiger partial charge in [-0.15, -0.1) is 21.5 Å². The summed E-state index contributed by atoms with van der Waals surface area (Å²) in [7, 11) is 0. The first kappa shape index (κ1) is 23.2. The van der Waals surface area contributed by atoms with E-state index >= 15 is 0 Å². The molecule has 1 amide bonds. The molecule has 0 spiro atoms. The van der Waals surface area contributed by atoms with Crippen LogP contribution in [0.1, 0.15) is 17.3 Å². The first-order valence-corrected chi connectivity index (χ1v) is 12.1. The molecule has 2 aromatic heterocycles. The third-order valence-electron chi connectivity index (χ3n) is 4.72. The van der Waals surface area contributed by atoms with E-state index in [9.17, 15) is 14.0 Å². The second kappa shape index (κ2) is 10.8. The zero-order chi connectivity index (χ0) is 23.2. The van der Waals surface area contributed by atoms with Gasteiger partial charge >= 0.3 is 5.97 Å². The molecule has 0 atom stereocenters. The SMILES string of the molecule is CCOC(=O)c1ccsc1NC(=O)CSc1nnc(N2CCOCC2)n1-c1cccc(F)c1. The van der Waals surface area contributed by atoms with Gasteiger partial charge in [-0.3, -0.25) is 9.36 Å². The molecule has 1 aliphatic rings. The summed E-state index contributed by atoms with van der Waals surface area (Å²) < 4.78 is 26.1. The number of rotatable bonds is 8. The number of hydrogen-bond acceptors (Lipinski definition) is 9. The molecule has 12 heteroatoms. The molecule has 1 aromatic carbocycles. The second-order valence-electron chi connectivity index (χ2n) is 6.92. The quantitative estimate of drug-likeness (QED) is 0.379. The summed E-state index contributed by atoms with van der Waals surface area (Å²) in [6, 6.07) is 7.75. The third kappa shape index (κ3) is 5.52. The predicted octanol–water partition coefficient (Wildman–Crippen LogP) is 3.21. The first-order valence-electron chi connectivity index (χ1n) is 10.3. The fraction of sp³-hybridized carbons (Fsp3) is 0.333. The number of carbonyl (C=O) groups is 2. The number of hydrogen-bond donors (Lipinski definition) is 1. The lowest BCUT2D eigenvalue weighted by molar-refractivity contribution is -0.113. The van der Waals surface area contributed by atoms with E-state index in [2.05, 4.69) is 15.5 Å². The summed E-state index contributed by atoms with van der Waals surface area (Å²) in [5, 5.41) is 13.9. The number of aromatic nitrogens is 3. The van der Waals surface area contributed by atoms with Gasteiger partial charge in [-0.05, 0) is 36.6 Å². The predicted molar refractivity (Wildman–Crippen MR) is 124 cm³/mol. The fourth-order valence-corrected chi connectivity index (χ4v) is 4.77. The Kier molecular flexibility index (Phi) is 7.57. The Morgan fingerprint density at radius 3 is 2.85 bits per heavy atom. The highest BCUT2D eigenvalue weighted by atomic mass is 32.2. The van der Waals surface area contributed by atoms with Crippen molar-refractivity contribution in [1.82, 2.24) is 14.8 Å². The average molecular weight is 492 g/mol. The van der Waals surface area contributed by atoms with Crippen LogP contribution < -0.4 is 10.2 Å². The van der Waals surface area contributed by atoms with Gasteiger partial charge in [-0.25, -0.2) is 9.18 Å². The van der Waals surface area contributed by atoms with Crippen molar-refractivity contribution in [3.05, 3.63) is 47.1 Å². The van der Waals surface area contributed by atoms with E-state index in [0.29, 0.717) is 53.7 Å². The van der Waals surface area contributed by atoms with E-state index < -0.39 is 5.97 Å². The number of ether oxygens (including phenoxy) is 2. The standard InChI is InChI=1S/C21H22FN5O4S2/c1-2-31-19(29)16-6-11-32-18(16)23-17(28)13-33-21-25-24-20(26-7-9-30-10-8-26)27(21)15-5-3-4-14(22)12-15/h3-6,11-12H,2,7-10,13H2,1H3,(H,23,28). The number of esters is 1. The van der Waals surface area contributed by atoms with Gasteiger partial charge in [0, 0.05) is 13.1 Å². The number of nitrogens with zero attached hydrogens (tertiary/aromatic N) is 4. The molecular formula is C21H22FN5O4S2. The van der Waals surface area contributed by atoms with Crippen molar-refractivity contribution in [2.24, 2.45) is 0 Å². The Morgan fingerprint density at radius 2 is 2.09 bits per heavy atom. The number of benzene rings is 1. The van der Waals surface area contributed by atoms with Crippen molar-refractivity contribution in [2.75, 3.05) is 48.9 Å². The van der Waals surface area contributed by atoms with Gasteiger partial charge in [-0.1, -0.05) is 17.8 Å². The summed E-state index contributed by atoms with van der Waals surface area (Å²) in [5.74, 6) is -0.587. The Morgan fingerprint density at radius 1 is 1.27 bits per heavy atom. The summed E-state index contributed by atoms with van der Waals surface area (Å²) in [6.07, 6.45) is 0. The van der Waals surface area contributed by atoms with Crippen molar-refractivity contribution < 1.29 is 23.5 Å². The number of nitrogens with one attached hydrogen (secondary N) is 1. The molecule has 33 heavy (non-hydrogen) atoms. The maximum Gasteiger partial charge on any atom is 0.341 e. The van der Waals surface area contributed by atoms with Gasteiger partial charge in [0.25, 0.3) is 0 Å². The number of morpholine rings is 1. The Bertz CT molecular complexity index is 1130. The Balaban J connectivity index is 1.51. The third-order valence-corrected chi connectivity index (χ3v) is 6.48. The van der Waals surface area contributed by atoms with Crippen LogP contribution in [0.4, 0.5) is 15.3 Å². The van der Waals surface area contributed by atoms with Gasteiger partial charge in [-0.2, -0.15) is 0 Å². The molecule has 1 N–H and O–H groups in total. The number of thioether (sulfide) groups is 1. The molecule has 174 valence electrons. The molecule has 3 aromatic rings. The number of amides is 1. The van der Waals surface area contributed by atoms with Crippen LogP contribution in [0.3, 0.4) is 0 Å². The maximum absolute atomic E-state index is 14.0. The molecule has 4 rings (SSSR count). The van der Waals surface area contributed by atoms with Gasteiger partial charge in [0.1, 0.15) is 10.8 Å². The van der Waals surface area contributed by atoms with Crippen molar-refractivity contribution in [3.8, 4) is 5.69 Å². The minimum absolute atomic E-state index is 0.0245. The van der Waals surface area contributed by atoms with E-state index in [4.69, 9.17) is 9.47 Å². The minimum atomic E-state index is -0.484. The average Bonchev–Trinajstić information content (AvgIpc) is 3.45. The molecule has 1 aliphatic heterocycles. The molecule has 0 bridgehead atoms. The van der Waals surface area contributed by atoms with E-state index in [0.717, 1.165) is 0 Å². The van der Waals surface area contributed by atoms with Gasteiger partial charge in [0.15, 0.2) is 5.16 Å². The largest absolute Gasteiger partial charge is 0.462 e. The second-order valence-corrected chi connectivity index (χ2v) is 8.78. The molecule has 1 fully saturated rings. The summed E-state index contributed by atoms with van der Waals surface area (Å²) >= 11 is 2.42. The monoisotopic (exact) mass is 491 g/mol. The van der Waals surface area contributed by atoms with Crippen LogP contribution in [-0.2, 0) is 14.3 Å². The zero-order valence-corrected chi connectivity index (χ0v) is 19.5. The molecule has 0 radical (unpaired) electrons. The highest BCUT2D eigenvalue weighted by molar-refractivity contribution is 7.99. The van der Waals surface area contributed by atoms with Crippen LogP contribution in [0.5, 0.6) is 0 Å². The highest BCUT2D eigenvalue weighted by Gasteiger charge is 2.23. The maximum atomic E-state index is 14.0. The zero-order valence-electron chi connectivity index (χ0n) is 17.8. The number of halogens is 1. The van der Waals surface area contributed by atoms with E-state index in [-0.39, 0.29) is 24.1 Å². The first-order chi connectivity index (χ1) is 16.1. The highest BCUT2D eigenvalue weighted by Crippen LogP contribution is 2.29. The van der Waals surface area contributed by atoms with Crippen molar-refractivity contribution in [1.29, 1.82) is 0 Å². The molecule has 0 aliphatic carbocycles. The van der Waals surface area contributed by atoms with Crippen LogP contribution in [0.15, 0.2) is 40.9 Å². The van der Waals surface area contributed by atoms with Gasteiger partial charge in [0.2, 0.25) is 11.9 Å². The lowest BCUT2D eigenvalue weighted by Crippen LogP contribution is -2.37. The number of thiophene rings is 1. The Hall–Kier alpha value is -2.96. The lowest BCUT2D eigenvalue weighted by atomic mass is 10.3. The summed E-state index contributed by atoms with van der Waals surface area (Å²) in [4.78, 5) is 26.7. The van der Waals surface area contributed by atoms with Crippen LogP contribution in [0.25, 0.3) is 5.69 Å². The van der Waals surface area contributed by atoms with Crippen molar-refractivity contribution in [2.45, 2.75) is 12.1 Å². The molecule has 0 unspecified atom stereocenters. The van der Waals surface area contributed by atoms with Crippen LogP contribution in [0.2, 0.25) is 0 Å². The summed E-state index contributed by atoms with van der Waals surface area (Å²) in [6.45, 7) is 4.36. The van der Waals surface area contributed by atoms with Crippen molar-refractivity contribution in [3.63, 3.8) is 0 Å². The number of carbonyl (C=O) groups excluding carboxylic acids is 2. The molecule has 3 heterocycles. The lowest BCUT2D eigenvalue weighted by Gasteiger charge is -2.27. The van der Waals surface area contributed by atoms with E-state index in [1.54, 1.807) is 35.1 Å². The molecule has 0 saturated carbocycles. The fourth-order valence-electron chi connectivity index (χ4n) is 3.23. The number of anilines is 2. The topological polar surface area (TPSA) is 98.6 Å². The van der Waals surface area contributed by atoms with Gasteiger partial charge < -0.3 is 19.7 Å². The van der Waals surface area contributed by atoms with Crippen LogP contribution in [-0.4, -0.2) is 65.3 Å². The molecular weight excluding hydrogens is 469 g/mol. The normalized spacial score (nSPS) is 13.7. The van der Waals surface area contributed by atoms with Crippen LogP contribution >= 0.6 is 23.1 Å². The Labute approximate surface area is 197 Å².